The zero-order chi connectivity index (χ0) is 11.6. The lowest BCUT2D eigenvalue weighted by Crippen LogP contribution is -1.86. The summed E-state index contributed by atoms with van der Waals surface area (Å²) in [6.45, 7) is 2.25. The van der Waals surface area contributed by atoms with Crippen molar-refractivity contribution in [1.29, 1.82) is 0 Å². The fourth-order valence-corrected chi connectivity index (χ4v) is 2.52. The zero-order valence-corrected chi connectivity index (χ0v) is 11.7. The van der Waals surface area contributed by atoms with Gasteiger partial charge in [-0.15, -0.1) is 11.3 Å². The summed E-state index contributed by atoms with van der Waals surface area (Å²) in [6, 6.07) is 2.22. The van der Waals surface area contributed by atoms with Gasteiger partial charge in [0.1, 0.15) is 0 Å². The Morgan fingerprint density at radius 3 is 2.94 bits per heavy atom. The molecule has 0 aromatic carbocycles. The van der Waals surface area contributed by atoms with Gasteiger partial charge in [-0.25, -0.2) is 0 Å². The van der Waals surface area contributed by atoms with Crippen molar-refractivity contribution in [3.8, 4) is 11.8 Å². The van der Waals surface area contributed by atoms with E-state index in [0.717, 1.165) is 12.2 Å². The maximum atomic E-state index is 4.16. The van der Waals surface area contributed by atoms with Gasteiger partial charge in [0.15, 0.2) is 0 Å². The summed E-state index contributed by atoms with van der Waals surface area (Å²) >= 11 is 5.92. The highest BCUT2D eigenvalue weighted by Crippen LogP contribution is 2.18. The first kappa shape index (κ1) is 13.7. The molecule has 88 valence electrons. The number of aryl methyl sites for hydroxylation is 1. The highest BCUT2D eigenvalue weighted by atomic mass is 32.1. The van der Waals surface area contributed by atoms with Gasteiger partial charge in [0, 0.05) is 12.2 Å². The molecule has 0 aliphatic heterocycles. The predicted molar refractivity (Wildman–Crippen MR) is 77.5 cm³/mol. The lowest BCUT2D eigenvalue weighted by atomic mass is 10.1. The zero-order valence-electron chi connectivity index (χ0n) is 9.96. The van der Waals surface area contributed by atoms with Crippen LogP contribution in [0, 0.1) is 11.8 Å². The van der Waals surface area contributed by atoms with Crippen LogP contribution in [0.2, 0.25) is 0 Å². The number of hydrogen-bond donors (Lipinski definition) is 1. The molecule has 1 heterocycles. The topological polar surface area (TPSA) is 0 Å². The molecule has 0 saturated heterocycles. The Bertz CT molecular complexity index is 341. The molecule has 1 aromatic rings. The van der Waals surface area contributed by atoms with Crippen molar-refractivity contribution >= 4 is 24.0 Å². The van der Waals surface area contributed by atoms with Gasteiger partial charge in [-0.2, -0.15) is 12.6 Å². The van der Waals surface area contributed by atoms with E-state index in [1.807, 2.05) is 0 Å². The van der Waals surface area contributed by atoms with Crippen LogP contribution in [0.3, 0.4) is 0 Å². The van der Waals surface area contributed by atoms with Crippen LogP contribution in [0.5, 0.6) is 0 Å². The standard InChI is InChI=1S/C14H20S2/c1-2-3-4-5-8-13-10-12-16-14(13)9-6-7-11-15/h10,12,15H,2-5,7-8,11H2,1H3. The van der Waals surface area contributed by atoms with E-state index >= 15 is 0 Å². The Hall–Kier alpha value is -0.390. The second-order valence-electron chi connectivity index (χ2n) is 3.86. The molecule has 0 atom stereocenters. The molecule has 0 saturated carbocycles. The third kappa shape index (κ3) is 5.09. The third-order valence-electron chi connectivity index (χ3n) is 2.49. The lowest BCUT2D eigenvalue weighted by Gasteiger charge is -1.98. The van der Waals surface area contributed by atoms with Crippen molar-refractivity contribution in [3.63, 3.8) is 0 Å². The van der Waals surface area contributed by atoms with Gasteiger partial charge < -0.3 is 0 Å². The molecule has 0 nitrogen and oxygen atoms in total. The number of unbranched alkanes of at least 4 members (excludes halogenated alkanes) is 3. The highest BCUT2D eigenvalue weighted by molar-refractivity contribution is 7.80. The number of thiophene rings is 1. The largest absolute Gasteiger partial charge is 0.178 e. The van der Waals surface area contributed by atoms with E-state index in [-0.39, 0.29) is 0 Å². The quantitative estimate of drug-likeness (QED) is 0.429. The van der Waals surface area contributed by atoms with E-state index in [4.69, 9.17) is 0 Å². The van der Waals surface area contributed by atoms with Crippen molar-refractivity contribution in [1.82, 2.24) is 0 Å². The fraction of sp³-hybridized carbons (Fsp3) is 0.571. The summed E-state index contributed by atoms with van der Waals surface area (Å²) in [4.78, 5) is 1.26. The second kappa shape index (κ2) is 8.73. The first-order valence-corrected chi connectivity index (χ1v) is 7.55. The van der Waals surface area contributed by atoms with Crippen molar-refractivity contribution < 1.29 is 0 Å². The Morgan fingerprint density at radius 2 is 2.19 bits per heavy atom. The van der Waals surface area contributed by atoms with Crippen LogP contribution in [0.15, 0.2) is 11.4 Å². The number of thiol groups is 1. The highest BCUT2D eigenvalue weighted by Gasteiger charge is 2.00. The summed E-state index contributed by atoms with van der Waals surface area (Å²) in [5, 5.41) is 2.15. The van der Waals surface area contributed by atoms with Crippen LogP contribution >= 0.6 is 24.0 Å². The van der Waals surface area contributed by atoms with Gasteiger partial charge in [-0.3, -0.25) is 0 Å². The first-order chi connectivity index (χ1) is 7.88. The minimum Gasteiger partial charge on any atom is -0.178 e. The van der Waals surface area contributed by atoms with Crippen LogP contribution in [0.4, 0.5) is 0 Å². The fourth-order valence-electron chi connectivity index (χ4n) is 1.58. The molecule has 0 bridgehead atoms. The molecule has 0 fully saturated rings. The molecule has 1 rings (SSSR count). The molecular weight excluding hydrogens is 232 g/mol. The molecule has 0 aliphatic rings. The molecule has 0 unspecified atom stereocenters. The Morgan fingerprint density at radius 1 is 1.31 bits per heavy atom. The Labute approximate surface area is 109 Å². The maximum absolute atomic E-state index is 4.16. The van der Waals surface area contributed by atoms with Crippen LogP contribution in [-0.2, 0) is 6.42 Å². The van der Waals surface area contributed by atoms with Crippen molar-refractivity contribution in [2.24, 2.45) is 0 Å². The van der Waals surface area contributed by atoms with Gasteiger partial charge in [-0.05, 0) is 29.9 Å². The van der Waals surface area contributed by atoms with E-state index in [2.05, 4.69) is 42.8 Å². The average molecular weight is 252 g/mol. The van der Waals surface area contributed by atoms with E-state index in [0.29, 0.717) is 0 Å². The van der Waals surface area contributed by atoms with Crippen molar-refractivity contribution in [2.75, 3.05) is 5.75 Å². The van der Waals surface area contributed by atoms with Crippen molar-refractivity contribution in [3.05, 3.63) is 21.9 Å². The molecule has 0 aliphatic carbocycles. The maximum Gasteiger partial charge on any atom is 0.0800 e. The van der Waals surface area contributed by atoms with Gasteiger partial charge in [0.25, 0.3) is 0 Å². The monoisotopic (exact) mass is 252 g/mol. The summed E-state index contributed by atoms with van der Waals surface area (Å²) < 4.78 is 0. The lowest BCUT2D eigenvalue weighted by molar-refractivity contribution is 0.667. The summed E-state index contributed by atoms with van der Waals surface area (Å²) in [5.74, 6) is 7.27. The minimum absolute atomic E-state index is 0.851. The van der Waals surface area contributed by atoms with Gasteiger partial charge in [-0.1, -0.05) is 38.0 Å². The summed E-state index contributed by atoms with van der Waals surface area (Å²) in [5.41, 5.74) is 1.44. The third-order valence-corrected chi connectivity index (χ3v) is 3.58. The number of hydrogen-bond acceptors (Lipinski definition) is 2. The molecule has 0 radical (unpaired) electrons. The van der Waals surface area contributed by atoms with Crippen molar-refractivity contribution in [2.45, 2.75) is 45.4 Å². The minimum atomic E-state index is 0.851. The van der Waals surface area contributed by atoms with Crippen LogP contribution in [0.25, 0.3) is 0 Å². The first-order valence-electron chi connectivity index (χ1n) is 6.04. The van der Waals surface area contributed by atoms with Crippen LogP contribution < -0.4 is 0 Å². The summed E-state index contributed by atoms with van der Waals surface area (Å²) in [7, 11) is 0. The number of rotatable bonds is 6. The molecule has 16 heavy (non-hydrogen) atoms. The van der Waals surface area contributed by atoms with Gasteiger partial charge in [0.05, 0.1) is 4.88 Å². The van der Waals surface area contributed by atoms with E-state index < -0.39 is 0 Å². The average Bonchev–Trinajstić information content (AvgIpc) is 2.73. The molecule has 1 aromatic heterocycles. The Kier molecular flexibility index (Phi) is 7.46. The van der Waals surface area contributed by atoms with Gasteiger partial charge in [0.2, 0.25) is 0 Å². The predicted octanol–water partition coefficient (Wildman–Crippen LogP) is 4.54. The second-order valence-corrected chi connectivity index (χ2v) is 5.22. The SMILES string of the molecule is CCCCCCc1ccsc1C#CCCS. The molecule has 0 amide bonds. The summed E-state index contributed by atoms with van der Waals surface area (Å²) in [6.07, 6.45) is 7.37. The van der Waals surface area contributed by atoms with Crippen LogP contribution in [0.1, 0.15) is 49.5 Å². The smallest absolute Gasteiger partial charge is 0.0800 e. The molecule has 0 N–H and O–H groups in total. The normalized spacial score (nSPS) is 9.88. The van der Waals surface area contributed by atoms with E-state index in [1.54, 1.807) is 11.3 Å². The van der Waals surface area contributed by atoms with Gasteiger partial charge >= 0.3 is 0 Å². The van der Waals surface area contributed by atoms with E-state index in [9.17, 15) is 0 Å². The molecular formula is C14H20S2. The molecule has 0 spiro atoms. The molecule has 2 heteroatoms. The Balaban J connectivity index is 2.42. The van der Waals surface area contributed by atoms with E-state index in [1.165, 1.54) is 42.5 Å². The van der Waals surface area contributed by atoms with Crippen LogP contribution in [-0.4, -0.2) is 5.75 Å².